The van der Waals surface area contributed by atoms with E-state index in [1.165, 1.54) is 5.56 Å². The van der Waals surface area contributed by atoms with E-state index in [0.717, 1.165) is 51.9 Å². The molecule has 3 rings (SSSR count). The molecule has 0 aliphatic carbocycles. The number of benzene rings is 1. The molecule has 2 atom stereocenters. The molecule has 2 fully saturated rings. The highest BCUT2D eigenvalue weighted by atomic mass is 16.3. The summed E-state index contributed by atoms with van der Waals surface area (Å²) in [6, 6.07) is 10.8. The Morgan fingerprint density at radius 3 is 2.80 bits per heavy atom. The molecule has 2 saturated heterocycles. The third kappa shape index (κ3) is 4.93. The lowest BCUT2D eigenvalue weighted by Crippen LogP contribution is -2.56. The Balaban J connectivity index is 1.51. The minimum atomic E-state index is 0.220. The molecule has 2 heterocycles. The molecule has 1 aromatic rings. The Hall–Kier alpha value is -1.65. The van der Waals surface area contributed by atoms with Crippen LogP contribution in [0.4, 0.5) is 0 Å². The van der Waals surface area contributed by atoms with Crippen LogP contribution < -0.4 is 0 Å². The lowest BCUT2D eigenvalue weighted by Gasteiger charge is -2.47. The van der Waals surface area contributed by atoms with Crippen molar-refractivity contribution in [3.63, 3.8) is 0 Å². The first-order valence-corrected chi connectivity index (χ1v) is 9.62. The van der Waals surface area contributed by atoms with Gasteiger partial charge in [0.15, 0.2) is 0 Å². The highest BCUT2D eigenvalue weighted by Gasteiger charge is 2.38. The van der Waals surface area contributed by atoms with Crippen molar-refractivity contribution in [2.75, 3.05) is 32.8 Å². The fraction of sp³-hybridized carbons (Fsp3) is 0.571. The number of nitrogens with zero attached hydrogens (tertiary/aromatic N) is 2. The van der Waals surface area contributed by atoms with Gasteiger partial charge in [-0.3, -0.25) is 9.69 Å². The maximum absolute atomic E-state index is 12.3. The molecule has 0 aromatic heterocycles. The van der Waals surface area contributed by atoms with Crippen LogP contribution in [0.15, 0.2) is 36.4 Å². The molecular weight excluding hydrogens is 312 g/mol. The van der Waals surface area contributed by atoms with Gasteiger partial charge in [-0.05, 0) is 37.2 Å². The van der Waals surface area contributed by atoms with Crippen LogP contribution in [-0.2, 0) is 4.79 Å². The first-order chi connectivity index (χ1) is 12.3. The molecule has 0 radical (unpaired) electrons. The smallest absolute Gasteiger partial charge is 0.222 e. The number of carbonyl (C=O) groups excluding carboxylic acids is 1. The van der Waals surface area contributed by atoms with Crippen molar-refractivity contribution >= 4 is 12.0 Å². The minimum absolute atomic E-state index is 0.220. The molecule has 4 nitrogen and oxygen atoms in total. The molecule has 1 aromatic carbocycles. The van der Waals surface area contributed by atoms with Gasteiger partial charge < -0.3 is 10.0 Å². The van der Waals surface area contributed by atoms with E-state index in [1.54, 1.807) is 0 Å². The number of aliphatic hydroxyl groups is 1. The van der Waals surface area contributed by atoms with Crippen LogP contribution in [-0.4, -0.2) is 59.6 Å². The molecule has 1 amide bonds. The lowest BCUT2D eigenvalue weighted by molar-refractivity contribution is -0.141. The Kier molecular flexibility index (Phi) is 6.65. The number of likely N-dealkylation sites (tertiary alicyclic amines) is 2. The van der Waals surface area contributed by atoms with Gasteiger partial charge in [0.1, 0.15) is 0 Å². The Labute approximate surface area is 151 Å². The van der Waals surface area contributed by atoms with Gasteiger partial charge in [-0.25, -0.2) is 0 Å². The van der Waals surface area contributed by atoms with Crippen molar-refractivity contribution in [2.45, 2.75) is 38.1 Å². The average Bonchev–Trinajstić information content (AvgIpc) is 2.64. The number of hydrogen-bond donors (Lipinski definition) is 1. The number of hydrogen-bond acceptors (Lipinski definition) is 3. The molecule has 0 saturated carbocycles. The van der Waals surface area contributed by atoms with Gasteiger partial charge in [-0.1, -0.05) is 42.5 Å². The topological polar surface area (TPSA) is 43.8 Å². The lowest BCUT2D eigenvalue weighted by atomic mass is 9.83. The maximum Gasteiger partial charge on any atom is 0.222 e. The zero-order valence-electron chi connectivity index (χ0n) is 15.0. The van der Waals surface area contributed by atoms with E-state index in [4.69, 9.17) is 5.11 Å². The summed E-state index contributed by atoms with van der Waals surface area (Å²) >= 11 is 0. The number of unbranched alkanes of at least 4 members (excludes halogenated alkanes) is 1. The van der Waals surface area contributed by atoms with Crippen molar-refractivity contribution in [3.8, 4) is 0 Å². The normalized spacial score (nSPS) is 24.7. The van der Waals surface area contributed by atoms with Gasteiger partial charge in [0.2, 0.25) is 5.91 Å². The van der Waals surface area contributed by atoms with Crippen molar-refractivity contribution in [3.05, 3.63) is 42.0 Å². The first kappa shape index (κ1) is 18.2. The van der Waals surface area contributed by atoms with Crippen molar-refractivity contribution in [2.24, 2.45) is 5.92 Å². The second kappa shape index (κ2) is 9.16. The molecule has 0 bridgehead atoms. The maximum atomic E-state index is 12.3. The summed E-state index contributed by atoms with van der Waals surface area (Å²) in [5.74, 6) is 0.919. The second-order valence-corrected chi connectivity index (χ2v) is 7.25. The van der Waals surface area contributed by atoms with Crippen LogP contribution in [0.5, 0.6) is 0 Å². The summed E-state index contributed by atoms with van der Waals surface area (Å²) in [5.41, 5.74) is 1.25. The summed E-state index contributed by atoms with van der Waals surface area (Å²) in [4.78, 5) is 16.9. The van der Waals surface area contributed by atoms with E-state index >= 15 is 0 Å². The highest BCUT2D eigenvalue weighted by molar-refractivity contribution is 5.77. The third-order valence-electron chi connectivity index (χ3n) is 5.51. The summed E-state index contributed by atoms with van der Waals surface area (Å²) in [6.45, 7) is 4.17. The van der Waals surface area contributed by atoms with Gasteiger partial charge in [0.05, 0.1) is 0 Å². The molecule has 4 heteroatoms. The molecule has 25 heavy (non-hydrogen) atoms. The van der Waals surface area contributed by atoms with Crippen LogP contribution >= 0.6 is 0 Å². The number of carbonyl (C=O) groups is 1. The van der Waals surface area contributed by atoms with E-state index in [-0.39, 0.29) is 6.61 Å². The zero-order valence-corrected chi connectivity index (χ0v) is 15.0. The van der Waals surface area contributed by atoms with Crippen molar-refractivity contribution in [1.29, 1.82) is 0 Å². The quantitative estimate of drug-likeness (QED) is 0.775. The SMILES string of the molecule is O=C1CC[C@H]2CN(CC=Cc3ccccc3)CC[C@H]2N1CCCCO. The van der Waals surface area contributed by atoms with Gasteiger partial charge in [-0.2, -0.15) is 0 Å². The molecular formula is C21H30N2O2. The Bertz CT molecular complexity index is 573. The number of aliphatic hydroxyl groups excluding tert-OH is 1. The van der Waals surface area contributed by atoms with Crippen molar-refractivity contribution < 1.29 is 9.90 Å². The molecule has 136 valence electrons. The molecule has 0 spiro atoms. The standard InChI is InChI=1S/C21H30N2O2/c24-16-5-4-14-23-20-12-15-22(17-19(20)10-11-21(23)25)13-6-9-18-7-2-1-3-8-18/h1-3,6-9,19-20,24H,4-5,10-17H2/t19-,20+/m0/s1. The molecule has 2 aliphatic rings. The van der Waals surface area contributed by atoms with Gasteiger partial charge in [-0.15, -0.1) is 0 Å². The predicted octanol–water partition coefficient (Wildman–Crippen LogP) is 2.79. The summed E-state index contributed by atoms with van der Waals surface area (Å²) < 4.78 is 0. The largest absolute Gasteiger partial charge is 0.396 e. The predicted molar refractivity (Wildman–Crippen MR) is 101 cm³/mol. The Morgan fingerprint density at radius 2 is 2.00 bits per heavy atom. The summed E-state index contributed by atoms with van der Waals surface area (Å²) in [5, 5.41) is 8.98. The van der Waals surface area contributed by atoms with Crippen LogP contribution in [0, 0.1) is 5.92 Å². The third-order valence-corrected chi connectivity index (χ3v) is 5.51. The number of piperidine rings is 2. The zero-order chi connectivity index (χ0) is 17.5. The van der Waals surface area contributed by atoms with Crippen LogP contribution in [0.25, 0.3) is 6.08 Å². The van der Waals surface area contributed by atoms with E-state index < -0.39 is 0 Å². The van der Waals surface area contributed by atoms with Gasteiger partial charge in [0.25, 0.3) is 0 Å². The summed E-state index contributed by atoms with van der Waals surface area (Å²) in [6.07, 6.45) is 8.94. The average molecular weight is 342 g/mol. The first-order valence-electron chi connectivity index (χ1n) is 9.62. The monoisotopic (exact) mass is 342 g/mol. The fourth-order valence-electron chi connectivity index (χ4n) is 4.18. The van der Waals surface area contributed by atoms with Crippen LogP contribution in [0.3, 0.4) is 0 Å². The van der Waals surface area contributed by atoms with E-state index in [2.05, 4.69) is 46.2 Å². The number of fused-ring (bicyclic) bond motifs is 1. The Morgan fingerprint density at radius 1 is 1.16 bits per heavy atom. The molecule has 2 aliphatic heterocycles. The fourth-order valence-corrected chi connectivity index (χ4v) is 4.18. The van der Waals surface area contributed by atoms with Gasteiger partial charge >= 0.3 is 0 Å². The molecule has 0 unspecified atom stereocenters. The number of amides is 1. The van der Waals surface area contributed by atoms with Crippen LogP contribution in [0.1, 0.15) is 37.7 Å². The van der Waals surface area contributed by atoms with Crippen LogP contribution in [0.2, 0.25) is 0 Å². The highest BCUT2D eigenvalue weighted by Crippen LogP contribution is 2.31. The second-order valence-electron chi connectivity index (χ2n) is 7.25. The molecule has 1 N–H and O–H groups in total. The van der Waals surface area contributed by atoms with E-state index in [9.17, 15) is 4.79 Å². The van der Waals surface area contributed by atoms with E-state index in [1.807, 2.05) is 6.07 Å². The number of rotatable bonds is 7. The summed E-state index contributed by atoms with van der Waals surface area (Å²) in [7, 11) is 0. The van der Waals surface area contributed by atoms with Crippen molar-refractivity contribution in [1.82, 2.24) is 9.80 Å². The van der Waals surface area contributed by atoms with E-state index in [0.29, 0.717) is 24.3 Å². The minimum Gasteiger partial charge on any atom is -0.396 e. The van der Waals surface area contributed by atoms with Gasteiger partial charge in [0, 0.05) is 45.2 Å².